The maximum atomic E-state index is 12.4. The van der Waals surface area contributed by atoms with E-state index in [1.807, 2.05) is 0 Å². The van der Waals surface area contributed by atoms with E-state index < -0.39 is 23.6 Å². The maximum absolute atomic E-state index is 12.4. The molecule has 10 heteroatoms. The zero-order valence-corrected chi connectivity index (χ0v) is 14.6. The van der Waals surface area contributed by atoms with Crippen LogP contribution in [0.3, 0.4) is 0 Å². The number of aromatic nitrogens is 1. The van der Waals surface area contributed by atoms with E-state index >= 15 is 0 Å². The van der Waals surface area contributed by atoms with Crippen molar-refractivity contribution in [3.05, 3.63) is 63.5 Å². The number of hydrogen-bond acceptors (Lipinski definition) is 8. The molecule has 0 fully saturated rings. The molecule has 0 aliphatic rings. The first-order chi connectivity index (χ1) is 11.9. The predicted molar refractivity (Wildman–Crippen MR) is 90.7 cm³/mol. The first kappa shape index (κ1) is 20.8. The van der Waals surface area contributed by atoms with Crippen LogP contribution in [-0.2, 0) is 16.2 Å². The van der Waals surface area contributed by atoms with Gasteiger partial charge in [0.25, 0.3) is 5.09 Å². The topological polar surface area (TPSA) is 118 Å². The minimum absolute atomic E-state index is 0. The molecule has 0 aliphatic carbocycles. The first-order valence-electron chi connectivity index (χ1n) is 7.10. The third-order valence-electron chi connectivity index (χ3n) is 3.11. The van der Waals surface area contributed by atoms with E-state index in [0.29, 0.717) is 5.69 Å². The van der Waals surface area contributed by atoms with Crippen molar-refractivity contribution in [3.8, 4) is 11.5 Å². The van der Waals surface area contributed by atoms with Crippen LogP contribution in [0.5, 0.6) is 11.5 Å². The van der Waals surface area contributed by atoms with E-state index in [1.54, 1.807) is 19.1 Å². The minimum atomic E-state index is -0.950. The first-order valence-corrected chi connectivity index (χ1v) is 7.10. The number of halogens is 1. The fourth-order valence-electron chi connectivity index (χ4n) is 2.00. The molecule has 1 aromatic carbocycles. The summed E-state index contributed by atoms with van der Waals surface area (Å²) in [6, 6.07) is 7.45. The van der Waals surface area contributed by atoms with Gasteiger partial charge < -0.3 is 14.3 Å². The SMILES string of the molecule is CC(=O)Oc1ccccc1C(=O)Oc1ccnc(C)c1CO[N+](=O)[O-].Cl. The van der Waals surface area contributed by atoms with E-state index in [-0.39, 0.29) is 35.0 Å². The van der Waals surface area contributed by atoms with E-state index in [2.05, 4.69) is 9.82 Å². The number of benzene rings is 1. The van der Waals surface area contributed by atoms with E-state index in [1.165, 1.54) is 31.3 Å². The number of rotatable bonds is 6. The Balaban J connectivity index is 0.00000338. The molecule has 0 bridgehead atoms. The van der Waals surface area contributed by atoms with Crippen LogP contribution in [0.25, 0.3) is 0 Å². The van der Waals surface area contributed by atoms with Gasteiger partial charge in [0.05, 0.1) is 0 Å². The molecule has 138 valence electrons. The molecule has 0 atom stereocenters. The number of pyridine rings is 1. The van der Waals surface area contributed by atoms with Gasteiger partial charge in [0.15, 0.2) is 0 Å². The summed E-state index contributed by atoms with van der Waals surface area (Å²) in [5.74, 6) is -1.25. The summed E-state index contributed by atoms with van der Waals surface area (Å²) in [5, 5.41) is 9.44. The predicted octanol–water partition coefficient (Wildman–Crippen LogP) is 2.66. The molecule has 2 aromatic rings. The summed E-state index contributed by atoms with van der Waals surface area (Å²) in [4.78, 5) is 42.3. The quantitative estimate of drug-likeness (QED) is 0.324. The van der Waals surface area contributed by atoms with E-state index in [4.69, 9.17) is 9.47 Å². The Morgan fingerprint density at radius 1 is 1.15 bits per heavy atom. The standard InChI is InChI=1S/C16H14N2O7.ClH/c1-10-13(9-23-18(21)22)15(7-8-17-10)25-16(20)12-5-3-4-6-14(12)24-11(2)19;/h3-8H,9H2,1-2H3;1H. The van der Waals surface area contributed by atoms with Crippen molar-refractivity contribution in [1.29, 1.82) is 0 Å². The molecule has 0 radical (unpaired) electrons. The zero-order valence-electron chi connectivity index (χ0n) is 13.8. The number of para-hydroxylation sites is 1. The van der Waals surface area contributed by atoms with Gasteiger partial charge >= 0.3 is 11.9 Å². The summed E-state index contributed by atoms with van der Waals surface area (Å²) in [7, 11) is 0. The summed E-state index contributed by atoms with van der Waals surface area (Å²) >= 11 is 0. The molecular weight excluding hydrogens is 368 g/mol. The number of aryl methyl sites for hydroxylation is 1. The summed E-state index contributed by atoms with van der Waals surface area (Å²) in [5.41, 5.74) is 0.714. The second-order valence-electron chi connectivity index (χ2n) is 4.85. The smallest absolute Gasteiger partial charge is 0.347 e. The van der Waals surface area contributed by atoms with Crippen molar-refractivity contribution in [1.82, 2.24) is 4.98 Å². The molecule has 2 rings (SSSR count). The molecule has 26 heavy (non-hydrogen) atoms. The second kappa shape index (κ2) is 9.33. The fraction of sp³-hybridized carbons (Fsp3) is 0.188. The molecule has 0 saturated carbocycles. The third kappa shape index (κ3) is 5.42. The van der Waals surface area contributed by atoms with Crippen LogP contribution in [0.1, 0.15) is 28.5 Å². The molecule has 1 heterocycles. The van der Waals surface area contributed by atoms with Crippen LogP contribution < -0.4 is 9.47 Å². The Hall–Kier alpha value is -3.20. The largest absolute Gasteiger partial charge is 0.426 e. The van der Waals surface area contributed by atoms with Crippen LogP contribution in [0, 0.1) is 17.0 Å². The van der Waals surface area contributed by atoms with Crippen LogP contribution >= 0.6 is 12.4 Å². The van der Waals surface area contributed by atoms with Crippen molar-refractivity contribution >= 4 is 24.3 Å². The molecular formula is C16H15ClN2O7. The molecule has 0 amide bonds. The van der Waals surface area contributed by atoms with Crippen molar-refractivity contribution in [3.63, 3.8) is 0 Å². The molecule has 0 unspecified atom stereocenters. The highest BCUT2D eigenvalue weighted by atomic mass is 35.5. The van der Waals surface area contributed by atoms with Crippen LogP contribution in [0.2, 0.25) is 0 Å². The number of carbonyl (C=O) groups is 2. The Kier molecular flexibility index (Phi) is 7.48. The van der Waals surface area contributed by atoms with Gasteiger partial charge in [-0.1, -0.05) is 12.1 Å². The minimum Gasteiger partial charge on any atom is -0.426 e. The normalized spacial score (nSPS) is 9.62. The lowest BCUT2D eigenvalue weighted by Crippen LogP contribution is -2.14. The zero-order chi connectivity index (χ0) is 18.4. The highest BCUT2D eigenvalue weighted by Gasteiger charge is 2.19. The van der Waals surface area contributed by atoms with Gasteiger partial charge in [0, 0.05) is 24.4 Å². The maximum Gasteiger partial charge on any atom is 0.347 e. The van der Waals surface area contributed by atoms with Gasteiger partial charge in [-0.3, -0.25) is 9.78 Å². The monoisotopic (exact) mass is 382 g/mol. The number of hydrogen-bond donors (Lipinski definition) is 0. The Morgan fingerprint density at radius 2 is 1.85 bits per heavy atom. The average Bonchev–Trinajstić information content (AvgIpc) is 2.54. The van der Waals surface area contributed by atoms with Crippen molar-refractivity contribution < 1.29 is 29.0 Å². The summed E-state index contributed by atoms with van der Waals surface area (Å²) in [6.45, 7) is 2.39. The van der Waals surface area contributed by atoms with E-state index in [9.17, 15) is 19.7 Å². The van der Waals surface area contributed by atoms with Gasteiger partial charge in [-0.25, -0.2) is 4.79 Å². The molecule has 0 saturated heterocycles. The lowest BCUT2D eigenvalue weighted by Gasteiger charge is -2.12. The lowest BCUT2D eigenvalue weighted by molar-refractivity contribution is -0.763. The lowest BCUT2D eigenvalue weighted by atomic mass is 10.2. The molecule has 0 aliphatic heterocycles. The highest BCUT2D eigenvalue weighted by Crippen LogP contribution is 2.25. The summed E-state index contributed by atoms with van der Waals surface area (Å²) in [6.07, 6.45) is 1.39. The summed E-state index contributed by atoms with van der Waals surface area (Å²) < 4.78 is 10.3. The van der Waals surface area contributed by atoms with Gasteiger partial charge in [0.1, 0.15) is 23.7 Å². The third-order valence-corrected chi connectivity index (χ3v) is 3.11. The second-order valence-corrected chi connectivity index (χ2v) is 4.85. The van der Waals surface area contributed by atoms with Gasteiger partial charge in [-0.15, -0.1) is 22.5 Å². The average molecular weight is 383 g/mol. The Labute approximate surface area is 154 Å². The van der Waals surface area contributed by atoms with Gasteiger partial charge in [-0.2, -0.15) is 0 Å². The van der Waals surface area contributed by atoms with Crippen LogP contribution in [0.4, 0.5) is 0 Å². The molecule has 0 spiro atoms. The number of esters is 2. The van der Waals surface area contributed by atoms with Gasteiger partial charge in [0.2, 0.25) is 0 Å². The number of carbonyl (C=O) groups excluding carboxylic acids is 2. The number of nitrogens with zero attached hydrogens (tertiary/aromatic N) is 2. The fourth-order valence-corrected chi connectivity index (χ4v) is 2.00. The van der Waals surface area contributed by atoms with E-state index in [0.717, 1.165) is 0 Å². The Morgan fingerprint density at radius 3 is 2.50 bits per heavy atom. The van der Waals surface area contributed by atoms with Crippen LogP contribution in [0.15, 0.2) is 36.5 Å². The van der Waals surface area contributed by atoms with Gasteiger partial charge in [-0.05, 0) is 25.1 Å². The number of ether oxygens (including phenoxy) is 2. The Bertz CT molecular complexity index is 826. The van der Waals surface area contributed by atoms with Crippen molar-refractivity contribution in [2.45, 2.75) is 20.5 Å². The molecule has 1 aromatic heterocycles. The molecule has 9 nitrogen and oxygen atoms in total. The van der Waals surface area contributed by atoms with Crippen LogP contribution in [-0.4, -0.2) is 22.0 Å². The molecule has 0 N–H and O–H groups in total. The van der Waals surface area contributed by atoms with Crippen molar-refractivity contribution in [2.24, 2.45) is 0 Å². The van der Waals surface area contributed by atoms with Crippen molar-refractivity contribution in [2.75, 3.05) is 0 Å². The highest BCUT2D eigenvalue weighted by molar-refractivity contribution is 5.94.